The lowest BCUT2D eigenvalue weighted by Crippen LogP contribution is -2.20. The fourth-order valence-corrected chi connectivity index (χ4v) is 2.36. The molecule has 3 rings (SSSR count). The van der Waals surface area contributed by atoms with E-state index in [1.165, 1.54) is 10.6 Å². The minimum atomic E-state index is -0.322. The molecule has 0 bridgehead atoms. The van der Waals surface area contributed by atoms with Crippen molar-refractivity contribution in [2.45, 2.75) is 20.3 Å². The topological polar surface area (TPSA) is 68.0 Å². The third-order valence-electron chi connectivity index (χ3n) is 3.48. The van der Waals surface area contributed by atoms with Gasteiger partial charge >= 0.3 is 0 Å². The van der Waals surface area contributed by atoms with E-state index < -0.39 is 0 Å². The maximum atomic E-state index is 12.3. The van der Waals surface area contributed by atoms with Crippen LogP contribution in [0.5, 0.6) is 5.75 Å². The minimum Gasteiger partial charge on any atom is -0.507 e. The summed E-state index contributed by atoms with van der Waals surface area (Å²) in [6.07, 6.45) is 2.43. The third-order valence-corrected chi connectivity index (χ3v) is 3.48. The predicted molar refractivity (Wildman–Crippen MR) is 80.9 cm³/mol. The first-order valence-electron chi connectivity index (χ1n) is 6.78. The van der Waals surface area contributed by atoms with Crippen molar-refractivity contribution in [1.82, 2.24) is 14.5 Å². The van der Waals surface area contributed by atoms with E-state index in [-0.39, 0.29) is 11.3 Å². The zero-order valence-electron chi connectivity index (χ0n) is 11.9. The Kier molecular flexibility index (Phi) is 3.17. The molecule has 1 N–H and O–H groups in total. The van der Waals surface area contributed by atoms with Crippen LogP contribution in [0.1, 0.15) is 18.3 Å². The van der Waals surface area contributed by atoms with E-state index >= 15 is 0 Å². The average Bonchev–Trinajstić information content (AvgIpc) is 2.48. The molecule has 0 fully saturated rings. The number of hydrogen-bond donors (Lipinski definition) is 1. The van der Waals surface area contributed by atoms with Crippen molar-refractivity contribution in [1.29, 1.82) is 0 Å². The van der Waals surface area contributed by atoms with Gasteiger partial charge in [0.25, 0.3) is 5.56 Å². The van der Waals surface area contributed by atoms with Crippen LogP contribution in [0.4, 0.5) is 0 Å². The quantitative estimate of drug-likeness (QED) is 0.783. The molecule has 5 nitrogen and oxygen atoms in total. The van der Waals surface area contributed by atoms with Gasteiger partial charge in [-0.15, -0.1) is 0 Å². The summed E-state index contributed by atoms with van der Waals surface area (Å²) in [5.41, 5.74) is 2.40. The van der Waals surface area contributed by atoms with E-state index in [1.54, 1.807) is 18.3 Å². The van der Waals surface area contributed by atoms with E-state index in [0.717, 1.165) is 17.8 Å². The maximum Gasteiger partial charge on any atom is 0.260 e. The first-order chi connectivity index (χ1) is 10.1. The Morgan fingerprint density at radius 2 is 2.10 bits per heavy atom. The van der Waals surface area contributed by atoms with Gasteiger partial charge in [0, 0.05) is 18.0 Å². The number of rotatable bonds is 2. The number of aryl methyl sites for hydroxylation is 2. The van der Waals surface area contributed by atoms with Gasteiger partial charge in [0.05, 0.1) is 16.8 Å². The standard InChI is InChI=1S/C16H15N3O2/c1-3-11-6-7-12-14(20)9-15(21)19(16(12)18-11)13-5-4-8-17-10(13)2/h4-9,20H,3H2,1-2H3. The maximum absolute atomic E-state index is 12.3. The zero-order valence-corrected chi connectivity index (χ0v) is 11.9. The lowest BCUT2D eigenvalue weighted by atomic mass is 10.2. The predicted octanol–water partition coefficient (Wildman–Crippen LogP) is 2.36. The average molecular weight is 281 g/mol. The van der Waals surface area contributed by atoms with Gasteiger partial charge in [-0.25, -0.2) is 4.98 Å². The van der Waals surface area contributed by atoms with Gasteiger partial charge in [-0.3, -0.25) is 14.3 Å². The molecule has 0 atom stereocenters. The van der Waals surface area contributed by atoms with Crippen molar-refractivity contribution in [3.63, 3.8) is 0 Å². The fourth-order valence-electron chi connectivity index (χ4n) is 2.36. The van der Waals surface area contributed by atoms with Crippen LogP contribution in [0.25, 0.3) is 16.7 Å². The largest absolute Gasteiger partial charge is 0.507 e. The summed E-state index contributed by atoms with van der Waals surface area (Å²) in [5, 5.41) is 10.5. The van der Waals surface area contributed by atoms with Crippen molar-refractivity contribution >= 4 is 11.0 Å². The van der Waals surface area contributed by atoms with Gasteiger partial charge in [0.1, 0.15) is 5.75 Å². The monoisotopic (exact) mass is 281 g/mol. The highest BCUT2D eigenvalue weighted by molar-refractivity contribution is 5.83. The summed E-state index contributed by atoms with van der Waals surface area (Å²) in [4.78, 5) is 21.1. The molecule has 0 aliphatic carbocycles. The molecule has 21 heavy (non-hydrogen) atoms. The van der Waals surface area contributed by atoms with Crippen LogP contribution in [-0.2, 0) is 6.42 Å². The minimum absolute atomic E-state index is 0.0528. The summed E-state index contributed by atoms with van der Waals surface area (Å²) in [7, 11) is 0. The van der Waals surface area contributed by atoms with Gasteiger partial charge in [-0.2, -0.15) is 0 Å². The van der Waals surface area contributed by atoms with Crippen molar-refractivity contribution in [3.8, 4) is 11.4 Å². The number of aromatic nitrogens is 3. The second-order valence-corrected chi connectivity index (χ2v) is 4.84. The lowest BCUT2D eigenvalue weighted by molar-refractivity contribution is 0.479. The number of nitrogens with zero attached hydrogens (tertiary/aromatic N) is 3. The summed E-state index contributed by atoms with van der Waals surface area (Å²) < 4.78 is 1.50. The normalized spacial score (nSPS) is 11.0. The first-order valence-corrected chi connectivity index (χ1v) is 6.78. The molecule has 3 aromatic heterocycles. The first kappa shape index (κ1) is 13.3. The van der Waals surface area contributed by atoms with E-state index in [0.29, 0.717) is 16.7 Å². The Hall–Kier alpha value is -2.69. The molecule has 0 spiro atoms. The summed E-state index contributed by atoms with van der Waals surface area (Å²) in [6.45, 7) is 3.83. The van der Waals surface area contributed by atoms with Gasteiger partial charge in [0.2, 0.25) is 0 Å². The third kappa shape index (κ3) is 2.16. The zero-order chi connectivity index (χ0) is 15.0. The molecule has 0 aliphatic rings. The Labute approximate surface area is 121 Å². The Morgan fingerprint density at radius 3 is 2.81 bits per heavy atom. The summed E-state index contributed by atoms with van der Waals surface area (Å²) >= 11 is 0. The number of fused-ring (bicyclic) bond motifs is 1. The Morgan fingerprint density at radius 1 is 1.29 bits per heavy atom. The van der Waals surface area contributed by atoms with E-state index in [2.05, 4.69) is 9.97 Å². The molecule has 0 amide bonds. The van der Waals surface area contributed by atoms with Crippen LogP contribution in [0.3, 0.4) is 0 Å². The van der Waals surface area contributed by atoms with Crippen molar-refractivity contribution < 1.29 is 5.11 Å². The molecule has 0 saturated carbocycles. The second-order valence-electron chi connectivity index (χ2n) is 4.84. The fraction of sp³-hybridized carbons (Fsp3) is 0.188. The van der Waals surface area contributed by atoms with E-state index in [1.807, 2.05) is 26.0 Å². The molecule has 3 heterocycles. The van der Waals surface area contributed by atoms with Crippen molar-refractivity contribution in [2.24, 2.45) is 0 Å². The van der Waals surface area contributed by atoms with Gasteiger partial charge in [0.15, 0.2) is 5.65 Å². The van der Waals surface area contributed by atoms with E-state index in [4.69, 9.17) is 0 Å². The van der Waals surface area contributed by atoms with E-state index in [9.17, 15) is 9.90 Å². The molecular formula is C16H15N3O2. The smallest absolute Gasteiger partial charge is 0.260 e. The molecule has 3 aromatic rings. The van der Waals surface area contributed by atoms with Crippen molar-refractivity contribution in [3.05, 3.63) is 58.3 Å². The number of pyridine rings is 3. The molecule has 106 valence electrons. The van der Waals surface area contributed by atoms with Gasteiger partial charge in [-0.05, 0) is 37.6 Å². The molecule has 0 aliphatic heterocycles. The molecule has 0 saturated heterocycles. The van der Waals surface area contributed by atoms with Crippen molar-refractivity contribution in [2.75, 3.05) is 0 Å². The highest BCUT2D eigenvalue weighted by Crippen LogP contribution is 2.24. The molecule has 5 heteroatoms. The molecule has 0 aromatic carbocycles. The SMILES string of the molecule is CCc1ccc2c(O)cc(=O)n(-c3cccnc3C)c2n1. The van der Waals surface area contributed by atoms with Gasteiger partial charge < -0.3 is 5.11 Å². The van der Waals surface area contributed by atoms with Crippen LogP contribution < -0.4 is 5.56 Å². The number of aromatic hydroxyl groups is 1. The summed E-state index contributed by atoms with van der Waals surface area (Å²) in [6, 6.07) is 8.45. The molecular weight excluding hydrogens is 266 g/mol. The number of hydrogen-bond acceptors (Lipinski definition) is 4. The van der Waals surface area contributed by atoms with Crippen LogP contribution in [0.15, 0.2) is 41.3 Å². The van der Waals surface area contributed by atoms with Crippen LogP contribution >= 0.6 is 0 Å². The highest BCUT2D eigenvalue weighted by atomic mass is 16.3. The van der Waals surface area contributed by atoms with Crippen LogP contribution in [0.2, 0.25) is 0 Å². The molecule has 0 unspecified atom stereocenters. The Balaban J connectivity index is 2.47. The lowest BCUT2D eigenvalue weighted by Gasteiger charge is -2.12. The molecule has 0 radical (unpaired) electrons. The second kappa shape index (κ2) is 5.01. The van der Waals surface area contributed by atoms with Gasteiger partial charge in [-0.1, -0.05) is 6.92 Å². The van der Waals surface area contributed by atoms with Crippen LogP contribution in [-0.4, -0.2) is 19.6 Å². The Bertz CT molecular complexity index is 884. The highest BCUT2D eigenvalue weighted by Gasteiger charge is 2.13. The summed E-state index contributed by atoms with van der Waals surface area (Å²) in [5.74, 6) is -0.0528. The van der Waals surface area contributed by atoms with Crippen LogP contribution in [0, 0.1) is 6.92 Å².